The first-order valence-corrected chi connectivity index (χ1v) is 3.67. The van der Waals surface area contributed by atoms with E-state index in [-0.39, 0.29) is 6.54 Å². The molecule has 1 rings (SSSR count). The third-order valence-corrected chi connectivity index (χ3v) is 1.94. The molecule has 1 amide bonds. The van der Waals surface area contributed by atoms with Crippen LogP contribution in [0, 0.1) is 0 Å². The van der Waals surface area contributed by atoms with Gasteiger partial charge >= 0.3 is 5.92 Å². The van der Waals surface area contributed by atoms with Gasteiger partial charge in [0.05, 0.1) is 6.04 Å². The Bertz CT molecular complexity index is 217. The van der Waals surface area contributed by atoms with Crippen LogP contribution in [0.5, 0.6) is 0 Å². The van der Waals surface area contributed by atoms with E-state index in [1.807, 2.05) is 0 Å². The monoisotopic (exact) mass is 177 g/mol. The number of likely N-dealkylation sites (tertiary alicyclic amines) is 1. The molecule has 1 aliphatic heterocycles. The van der Waals surface area contributed by atoms with Gasteiger partial charge in [-0.1, -0.05) is 0 Å². The van der Waals surface area contributed by atoms with Gasteiger partial charge in [-0.25, -0.2) is 0 Å². The number of carbonyl (C=O) groups is 2. The highest BCUT2D eigenvalue weighted by Gasteiger charge is 2.52. The molecule has 0 radical (unpaired) electrons. The Hall–Kier alpha value is -1.00. The summed E-state index contributed by atoms with van der Waals surface area (Å²) in [6.07, 6.45) is -0.286. The molecular weight excluding hydrogens is 168 g/mol. The highest BCUT2D eigenvalue weighted by molar-refractivity contribution is 5.89. The van der Waals surface area contributed by atoms with E-state index in [0.717, 1.165) is 4.90 Å². The van der Waals surface area contributed by atoms with Crippen LogP contribution in [-0.2, 0) is 9.59 Å². The molecule has 1 atom stereocenters. The van der Waals surface area contributed by atoms with Gasteiger partial charge in [0.1, 0.15) is 6.29 Å². The average molecular weight is 177 g/mol. The summed E-state index contributed by atoms with van der Waals surface area (Å²) in [6, 6.07) is -0.947. The first kappa shape index (κ1) is 9.09. The van der Waals surface area contributed by atoms with Crippen molar-refractivity contribution in [3.8, 4) is 0 Å². The van der Waals surface area contributed by atoms with Gasteiger partial charge in [-0.2, -0.15) is 8.78 Å². The lowest BCUT2D eigenvalue weighted by molar-refractivity contribution is -0.148. The lowest BCUT2D eigenvalue weighted by atomic mass is 10.2. The molecule has 0 bridgehead atoms. The fourth-order valence-electron chi connectivity index (χ4n) is 1.32. The number of alkyl halides is 2. The molecule has 0 N–H and O–H groups in total. The number of hydrogen-bond donors (Lipinski definition) is 0. The van der Waals surface area contributed by atoms with Crippen molar-refractivity contribution in [2.45, 2.75) is 25.3 Å². The largest absolute Gasteiger partial charge is 0.328 e. The van der Waals surface area contributed by atoms with Crippen LogP contribution in [0.4, 0.5) is 8.78 Å². The van der Waals surface area contributed by atoms with Gasteiger partial charge in [-0.15, -0.1) is 0 Å². The van der Waals surface area contributed by atoms with Crippen LogP contribution in [0.2, 0.25) is 0 Å². The van der Waals surface area contributed by atoms with Crippen molar-refractivity contribution >= 4 is 12.2 Å². The quantitative estimate of drug-likeness (QED) is 0.574. The van der Waals surface area contributed by atoms with Crippen LogP contribution in [0.1, 0.15) is 13.3 Å². The van der Waals surface area contributed by atoms with E-state index in [1.54, 1.807) is 6.92 Å². The number of likely N-dealkylation sites (N-methyl/N-ethyl adjacent to an activating group) is 1. The number of amides is 1. The molecule has 0 aromatic carbocycles. The molecule has 12 heavy (non-hydrogen) atoms. The van der Waals surface area contributed by atoms with Crippen molar-refractivity contribution in [2.75, 3.05) is 6.54 Å². The predicted molar refractivity (Wildman–Crippen MR) is 36.8 cm³/mol. The van der Waals surface area contributed by atoms with Crippen molar-refractivity contribution in [1.82, 2.24) is 4.90 Å². The number of hydrogen-bond acceptors (Lipinski definition) is 2. The zero-order valence-corrected chi connectivity index (χ0v) is 6.59. The summed E-state index contributed by atoms with van der Waals surface area (Å²) >= 11 is 0. The molecule has 1 aliphatic rings. The maximum Gasteiger partial charge on any atom is 0.327 e. The smallest absolute Gasteiger partial charge is 0.327 e. The molecule has 3 nitrogen and oxygen atoms in total. The maximum absolute atomic E-state index is 12.7. The minimum Gasteiger partial charge on any atom is -0.328 e. The molecule has 0 aromatic rings. The Labute approximate surface area is 68.3 Å². The van der Waals surface area contributed by atoms with Crippen LogP contribution in [0.15, 0.2) is 0 Å². The van der Waals surface area contributed by atoms with Crippen LogP contribution in [-0.4, -0.2) is 35.6 Å². The Balaban J connectivity index is 2.86. The number of nitrogens with zero attached hydrogens (tertiary/aromatic N) is 1. The second kappa shape index (κ2) is 2.80. The van der Waals surface area contributed by atoms with Crippen LogP contribution in [0.3, 0.4) is 0 Å². The van der Waals surface area contributed by atoms with Crippen LogP contribution in [0.25, 0.3) is 0 Å². The summed E-state index contributed by atoms with van der Waals surface area (Å²) in [4.78, 5) is 22.0. The summed E-state index contributed by atoms with van der Waals surface area (Å²) < 4.78 is 25.3. The third-order valence-electron chi connectivity index (χ3n) is 1.94. The van der Waals surface area contributed by atoms with Crippen molar-refractivity contribution in [1.29, 1.82) is 0 Å². The van der Waals surface area contributed by atoms with Gasteiger partial charge in [0.25, 0.3) is 5.91 Å². The molecule has 0 spiro atoms. The zero-order valence-electron chi connectivity index (χ0n) is 6.59. The summed E-state index contributed by atoms with van der Waals surface area (Å²) in [7, 11) is 0. The summed E-state index contributed by atoms with van der Waals surface area (Å²) in [5, 5.41) is 0. The molecule has 68 valence electrons. The Morgan fingerprint density at radius 1 is 1.75 bits per heavy atom. The van der Waals surface area contributed by atoms with E-state index in [4.69, 9.17) is 0 Å². The van der Waals surface area contributed by atoms with E-state index in [1.165, 1.54) is 0 Å². The topological polar surface area (TPSA) is 37.4 Å². The standard InChI is InChI=1S/C7H9F2NO2/c1-2-10-5(4-11)3-7(8,9)6(10)12/h4-5H,2-3H2,1H3. The highest BCUT2D eigenvalue weighted by Crippen LogP contribution is 2.32. The highest BCUT2D eigenvalue weighted by atomic mass is 19.3. The summed E-state index contributed by atoms with van der Waals surface area (Å²) in [5.74, 6) is -4.58. The van der Waals surface area contributed by atoms with Crippen molar-refractivity contribution in [3.63, 3.8) is 0 Å². The molecule has 5 heteroatoms. The first-order chi connectivity index (χ1) is 5.53. The van der Waals surface area contributed by atoms with Crippen molar-refractivity contribution < 1.29 is 18.4 Å². The Morgan fingerprint density at radius 2 is 2.33 bits per heavy atom. The van der Waals surface area contributed by atoms with Gasteiger partial charge in [-0.3, -0.25) is 4.79 Å². The molecule has 1 saturated heterocycles. The third kappa shape index (κ3) is 1.19. The molecule has 1 unspecified atom stereocenters. The molecule has 0 aromatic heterocycles. The molecule has 1 heterocycles. The number of carbonyl (C=O) groups excluding carboxylic acids is 2. The molecule has 1 fully saturated rings. The van der Waals surface area contributed by atoms with Gasteiger partial charge in [0.15, 0.2) is 0 Å². The molecule has 0 aliphatic carbocycles. The van der Waals surface area contributed by atoms with E-state index < -0.39 is 24.3 Å². The second-order valence-electron chi connectivity index (χ2n) is 2.70. The number of aldehydes is 1. The van der Waals surface area contributed by atoms with Crippen molar-refractivity contribution in [2.24, 2.45) is 0 Å². The molecule has 0 saturated carbocycles. The first-order valence-electron chi connectivity index (χ1n) is 3.67. The van der Waals surface area contributed by atoms with Gasteiger partial charge in [0, 0.05) is 13.0 Å². The Morgan fingerprint density at radius 3 is 2.67 bits per heavy atom. The van der Waals surface area contributed by atoms with E-state index >= 15 is 0 Å². The average Bonchev–Trinajstić information content (AvgIpc) is 2.24. The van der Waals surface area contributed by atoms with Gasteiger partial charge in [0.2, 0.25) is 0 Å². The minimum atomic E-state index is -3.35. The predicted octanol–water partition coefficient (Wildman–Crippen LogP) is 0.441. The fourth-order valence-corrected chi connectivity index (χ4v) is 1.32. The lowest BCUT2D eigenvalue weighted by Crippen LogP contribution is -2.36. The van der Waals surface area contributed by atoms with Gasteiger partial charge in [-0.05, 0) is 6.92 Å². The summed E-state index contributed by atoms with van der Waals surface area (Å²) in [6.45, 7) is 1.72. The van der Waals surface area contributed by atoms with Crippen molar-refractivity contribution in [3.05, 3.63) is 0 Å². The van der Waals surface area contributed by atoms with Crippen LogP contribution < -0.4 is 0 Å². The normalized spacial score (nSPS) is 27.8. The fraction of sp³-hybridized carbons (Fsp3) is 0.714. The summed E-state index contributed by atoms with van der Waals surface area (Å²) in [5.41, 5.74) is 0. The molecular formula is C7H9F2NO2. The maximum atomic E-state index is 12.7. The van der Waals surface area contributed by atoms with E-state index in [2.05, 4.69) is 0 Å². The van der Waals surface area contributed by atoms with Gasteiger partial charge < -0.3 is 9.69 Å². The Kier molecular flexibility index (Phi) is 2.12. The number of halogens is 2. The number of rotatable bonds is 2. The second-order valence-corrected chi connectivity index (χ2v) is 2.70. The van der Waals surface area contributed by atoms with Crippen LogP contribution >= 0.6 is 0 Å². The lowest BCUT2D eigenvalue weighted by Gasteiger charge is -2.16. The van der Waals surface area contributed by atoms with E-state index in [9.17, 15) is 18.4 Å². The SMILES string of the molecule is CCN1C(=O)C(F)(F)CC1C=O. The zero-order chi connectivity index (χ0) is 9.35. The van der Waals surface area contributed by atoms with E-state index in [0.29, 0.717) is 6.29 Å². The minimum absolute atomic E-state index is 0.151.